The number of nitrogens with zero attached hydrogens (tertiary/aromatic N) is 1. The summed E-state index contributed by atoms with van der Waals surface area (Å²) < 4.78 is 5.23. The van der Waals surface area contributed by atoms with Gasteiger partial charge in [0.05, 0.1) is 19.0 Å². The largest absolute Gasteiger partial charge is 0.507 e. The lowest BCUT2D eigenvalue weighted by Crippen LogP contribution is -2.35. The molecule has 6 heteroatoms. The molecular formula is C17H19N3O3. The van der Waals surface area contributed by atoms with Crippen LogP contribution in [0, 0.1) is 0 Å². The normalized spacial score (nSPS) is 11.9. The van der Waals surface area contributed by atoms with E-state index < -0.39 is 6.04 Å². The number of rotatable bonds is 6. The number of amides is 1. The molecule has 0 radical (unpaired) electrons. The number of benzene rings is 2. The number of anilines is 1. The van der Waals surface area contributed by atoms with Crippen LogP contribution >= 0.6 is 0 Å². The van der Waals surface area contributed by atoms with Crippen molar-refractivity contribution >= 4 is 17.8 Å². The van der Waals surface area contributed by atoms with Gasteiger partial charge < -0.3 is 15.2 Å². The topological polar surface area (TPSA) is 83.0 Å². The first-order valence-corrected chi connectivity index (χ1v) is 7.12. The number of nitrogens with one attached hydrogen (secondary N) is 2. The van der Waals surface area contributed by atoms with Crippen molar-refractivity contribution in [2.24, 2.45) is 5.10 Å². The second-order valence-corrected chi connectivity index (χ2v) is 4.86. The molecule has 120 valence electrons. The van der Waals surface area contributed by atoms with Crippen LogP contribution in [0.3, 0.4) is 0 Å². The van der Waals surface area contributed by atoms with Crippen LogP contribution in [0.5, 0.6) is 11.5 Å². The molecule has 0 fully saturated rings. The van der Waals surface area contributed by atoms with Gasteiger partial charge in [0.1, 0.15) is 17.5 Å². The van der Waals surface area contributed by atoms with Gasteiger partial charge in [0.2, 0.25) is 0 Å². The summed E-state index contributed by atoms with van der Waals surface area (Å²) in [5, 5.41) is 16.5. The highest BCUT2D eigenvalue weighted by molar-refractivity contribution is 5.87. The quantitative estimate of drug-likeness (QED) is 0.565. The third kappa shape index (κ3) is 4.47. The monoisotopic (exact) mass is 313 g/mol. The van der Waals surface area contributed by atoms with E-state index in [0.717, 1.165) is 5.69 Å². The standard InChI is InChI=1S/C17H19N3O3/c1-12(19-14-8-4-6-10-16(14)23-2)17(22)20-18-11-13-7-3-5-9-15(13)21/h3-12,19,21H,1-2H3,(H,20,22). The first-order chi connectivity index (χ1) is 11.1. The molecule has 23 heavy (non-hydrogen) atoms. The van der Waals surface area contributed by atoms with E-state index in [-0.39, 0.29) is 11.7 Å². The molecule has 1 amide bonds. The van der Waals surface area contributed by atoms with E-state index in [9.17, 15) is 9.90 Å². The Hall–Kier alpha value is -3.02. The molecule has 0 saturated carbocycles. The van der Waals surface area contributed by atoms with E-state index in [0.29, 0.717) is 11.3 Å². The third-order valence-corrected chi connectivity index (χ3v) is 3.19. The number of hydrogen-bond donors (Lipinski definition) is 3. The summed E-state index contributed by atoms with van der Waals surface area (Å²) in [6.07, 6.45) is 1.39. The van der Waals surface area contributed by atoms with Gasteiger partial charge in [0.25, 0.3) is 5.91 Å². The third-order valence-electron chi connectivity index (χ3n) is 3.19. The minimum atomic E-state index is -0.507. The maximum atomic E-state index is 12.0. The number of phenols is 1. The highest BCUT2D eigenvalue weighted by Gasteiger charge is 2.13. The van der Waals surface area contributed by atoms with Gasteiger partial charge in [0.15, 0.2) is 0 Å². The van der Waals surface area contributed by atoms with Crippen LogP contribution in [0.25, 0.3) is 0 Å². The van der Waals surface area contributed by atoms with Crippen molar-refractivity contribution in [2.75, 3.05) is 12.4 Å². The molecule has 6 nitrogen and oxygen atoms in total. The van der Waals surface area contributed by atoms with Crippen molar-refractivity contribution in [3.8, 4) is 11.5 Å². The Labute approximate surface area is 134 Å². The van der Waals surface area contributed by atoms with Crippen LogP contribution in [-0.4, -0.2) is 30.4 Å². The number of carbonyl (C=O) groups excluding carboxylic acids is 1. The summed E-state index contributed by atoms with van der Waals surface area (Å²) >= 11 is 0. The molecule has 0 spiro atoms. The number of methoxy groups -OCH3 is 1. The fourth-order valence-corrected chi connectivity index (χ4v) is 1.92. The molecule has 0 aliphatic carbocycles. The van der Waals surface area contributed by atoms with Crippen LogP contribution in [0.15, 0.2) is 53.6 Å². The van der Waals surface area contributed by atoms with Crippen molar-refractivity contribution in [2.45, 2.75) is 13.0 Å². The van der Waals surface area contributed by atoms with E-state index in [1.807, 2.05) is 24.3 Å². The second-order valence-electron chi connectivity index (χ2n) is 4.86. The maximum Gasteiger partial charge on any atom is 0.262 e. The number of phenolic OH excluding ortho intramolecular Hbond substituents is 1. The predicted octanol–water partition coefficient (Wildman–Crippen LogP) is 2.35. The average molecular weight is 313 g/mol. The van der Waals surface area contributed by atoms with Crippen molar-refractivity contribution in [3.63, 3.8) is 0 Å². The number of aromatic hydroxyl groups is 1. The molecule has 0 aliphatic heterocycles. The van der Waals surface area contributed by atoms with Gasteiger partial charge in [-0.2, -0.15) is 5.10 Å². The van der Waals surface area contributed by atoms with Crippen molar-refractivity contribution in [1.29, 1.82) is 0 Å². The van der Waals surface area contributed by atoms with Crippen molar-refractivity contribution in [1.82, 2.24) is 5.43 Å². The molecule has 2 aromatic rings. The Morgan fingerprint density at radius 2 is 1.91 bits per heavy atom. The first-order valence-electron chi connectivity index (χ1n) is 7.12. The van der Waals surface area contributed by atoms with Crippen molar-refractivity contribution < 1.29 is 14.6 Å². The molecule has 0 aliphatic rings. The number of hydrazone groups is 1. The van der Waals surface area contributed by atoms with E-state index >= 15 is 0 Å². The fourth-order valence-electron chi connectivity index (χ4n) is 1.92. The lowest BCUT2D eigenvalue weighted by atomic mass is 10.2. The molecular weight excluding hydrogens is 294 g/mol. The molecule has 1 atom stereocenters. The highest BCUT2D eigenvalue weighted by atomic mass is 16.5. The van der Waals surface area contributed by atoms with Gasteiger partial charge >= 0.3 is 0 Å². The zero-order chi connectivity index (χ0) is 16.7. The van der Waals surface area contributed by atoms with E-state index in [4.69, 9.17) is 4.74 Å². The molecule has 0 bridgehead atoms. The summed E-state index contributed by atoms with van der Waals surface area (Å²) in [7, 11) is 1.57. The second kappa shape index (κ2) is 7.84. The summed E-state index contributed by atoms with van der Waals surface area (Å²) in [6, 6.07) is 13.6. The Morgan fingerprint density at radius 1 is 1.22 bits per heavy atom. The number of ether oxygens (including phenoxy) is 1. The average Bonchev–Trinajstić information content (AvgIpc) is 2.57. The summed E-state index contributed by atoms with van der Waals surface area (Å²) in [4.78, 5) is 12.0. The van der Waals surface area contributed by atoms with Gasteiger partial charge in [0, 0.05) is 5.56 Å². The van der Waals surface area contributed by atoms with Crippen LogP contribution < -0.4 is 15.5 Å². The minimum Gasteiger partial charge on any atom is -0.507 e. The molecule has 0 saturated heterocycles. The van der Waals surface area contributed by atoms with Crippen LogP contribution in [0.1, 0.15) is 12.5 Å². The number of hydrogen-bond acceptors (Lipinski definition) is 5. The molecule has 3 N–H and O–H groups in total. The fraction of sp³-hybridized carbons (Fsp3) is 0.176. The van der Waals surface area contributed by atoms with E-state index in [1.54, 1.807) is 38.3 Å². The number of para-hydroxylation sites is 3. The zero-order valence-electron chi connectivity index (χ0n) is 13.0. The molecule has 2 rings (SSSR count). The van der Waals surface area contributed by atoms with Crippen LogP contribution in [-0.2, 0) is 4.79 Å². The maximum absolute atomic E-state index is 12.0. The van der Waals surface area contributed by atoms with Crippen LogP contribution in [0.4, 0.5) is 5.69 Å². The molecule has 2 aromatic carbocycles. The van der Waals surface area contributed by atoms with Gasteiger partial charge in [-0.05, 0) is 31.2 Å². The number of carbonyl (C=O) groups is 1. The van der Waals surface area contributed by atoms with Crippen LogP contribution in [0.2, 0.25) is 0 Å². The summed E-state index contributed by atoms with van der Waals surface area (Å²) in [5.74, 6) is 0.457. The zero-order valence-corrected chi connectivity index (χ0v) is 13.0. The minimum absolute atomic E-state index is 0.102. The predicted molar refractivity (Wildman–Crippen MR) is 89.9 cm³/mol. The Kier molecular flexibility index (Phi) is 5.57. The first kappa shape index (κ1) is 16.4. The van der Waals surface area contributed by atoms with E-state index in [1.165, 1.54) is 6.21 Å². The molecule has 0 heterocycles. The summed E-state index contributed by atoms with van der Waals surface area (Å²) in [6.45, 7) is 1.72. The van der Waals surface area contributed by atoms with Gasteiger partial charge in [-0.3, -0.25) is 4.79 Å². The Bertz CT molecular complexity index is 701. The van der Waals surface area contributed by atoms with Crippen molar-refractivity contribution in [3.05, 3.63) is 54.1 Å². The van der Waals surface area contributed by atoms with E-state index in [2.05, 4.69) is 15.8 Å². The SMILES string of the molecule is COc1ccccc1NC(C)C(=O)NN=Cc1ccccc1O. The smallest absolute Gasteiger partial charge is 0.262 e. The summed E-state index contributed by atoms with van der Waals surface area (Å²) in [5.41, 5.74) is 3.68. The van der Waals surface area contributed by atoms with Gasteiger partial charge in [-0.1, -0.05) is 24.3 Å². The lowest BCUT2D eigenvalue weighted by molar-refractivity contribution is -0.121. The lowest BCUT2D eigenvalue weighted by Gasteiger charge is -2.15. The van der Waals surface area contributed by atoms with Gasteiger partial charge in [-0.25, -0.2) is 5.43 Å². The van der Waals surface area contributed by atoms with Gasteiger partial charge in [-0.15, -0.1) is 0 Å². The molecule has 0 aromatic heterocycles. The Morgan fingerprint density at radius 3 is 2.65 bits per heavy atom. The Balaban J connectivity index is 1.94. The molecule has 1 unspecified atom stereocenters. The highest BCUT2D eigenvalue weighted by Crippen LogP contribution is 2.23.